The zero-order valence-electron chi connectivity index (χ0n) is 9.49. The van der Waals surface area contributed by atoms with Gasteiger partial charge >= 0.3 is 5.97 Å². The molecular weight excluding hydrogens is 260 g/mol. The second-order valence-electron chi connectivity index (χ2n) is 3.14. The average Bonchev–Trinajstić information content (AvgIpc) is 2.29. The van der Waals surface area contributed by atoms with Crippen LogP contribution in [-0.4, -0.2) is 28.2 Å². The van der Waals surface area contributed by atoms with Crippen molar-refractivity contribution in [2.75, 3.05) is 0 Å². The van der Waals surface area contributed by atoms with Gasteiger partial charge in [0.25, 0.3) is 0 Å². The zero-order valence-corrected chi connectivity index (χ0v) is 10.3. The lowest BCUT2D eigenvalue weighted by Crippen LogP contribution is -2.09. The van der Waals surface area contributed by atoms with Crippen molar-refractivity contribution >= 4 is 30.4 Å². The van der Waals surface area contributed by atoms with Crippen LogP contribution in [0.3, 0.4) is 0 Å². The van der Waals surface area contributed by atoms with Crippen molar-refractivity contribution in [3.05, 3.63) is 29.3 Å². The molecule has 5 N–H and O–H groups in total. The van der Waals surface area contributed by atoms with Crippen LogP contribution in [0.15, 0.2) is 28.4 Å². The van der Waals surface area contributed by atoms with E-state index in [0.717, 1.165) is 0 Å². The fourth-order valence-electron chi connectivity index (χ4n) is 1.16. The summed E-state index contributed by atoms with van der Waals surface area (Å²) in [6.07, 6.45) is 1.18. The van der Waals surface area contributed by atoms with Gasteiger partial charge in [-0.3, -0.25) is 5.43 Å². The minimum Gasteiger partial charge on any atom is -0.507 e. The van der Waals surface area contributed by atoms with Crippen LogP contribution in [0, 0.1) is 0 Å². The number of halogens is 1. The molecule has 98 valence electrons. The van der Waals surface area contributed by atoms with Gasteiger partial charge in [-0.25, -0.2) is 4.79 Å². The van der Waals surface area contributed by atoms with Crippen LogP contribution in [0.2, 0.25) is 0 Å². The van der Waals surface area contributed by atoms with Gasteiger partial charge in [0.2, 0.25) is 0 Å². The van der Waals surface area contributed by atoms with Crippen LogP contribution in [0.5, 0.6) is 5.75 Å². The van der Waals surface area contributed by atoms with Gasteiger partial charge < -0.3 is 16.1 Å². The topological polar surface area (TPSA) is 120 Å². The van der Waals surface area contributed by atoms with E-state index >= 15 is 0 Å². The van der Waals surface area contributed by atoms with Gasteiger partial charge in [-0.1, -0.05) is 0 Å². The largest absolute Gasteiger partial charge is 0.507 e. The Morgan fingerprint density at radius 1 is 1.50 bits per heavy atom. The van der Waals surface area contributed by atoms with Crippen molar-refractivity contribution in [3.63, 3.8) is 0 Å². The summed E-state index contributed by atoms with van der Waals surface area (Å²) in [7, 11) is 0. The summed E-state index contributed by atoms with van der Waals surface area (Å²) in [5, 5.41) is 25.2. The molecule has 0 atom stereocenters. The van der Waals surface area contributed by atoms with E-state index in [2.05, 4.69) is 15.6 Å². The molecule has 0 aliphatic carbocycles. The van der Waals surface area contributed by atoms with Crippen LogP contribution < -0.4 is 11.3 Å². The minimum absolute atomic E-state index is 0. The molecular formula is C10H13ClN4O3. The van der Waals surface area contributed by atoms with E-state index in [1.807, 2.05) is 0 Å². The summed E-state index contributed by atoms with van der Waals surface area (Å²) < 4.78 is 0. The summed E-state index contributed by atoms with van der Waals surface area (Å²) in [6.45, 7) is 1.68. The zero-order chi connectivity index (χ0) is 12.8. The Hall–Kier alpha value is -2.28. The highest BCUT2D eigenvalue weighted by Gasteiger charge is 2.11. The van der Waals surface area contributed by atoms with Gasteiger partial charge in [0.1, 0.15) is 17.7 Å². The van der Waals surface area contributed by atoms with Crippen LogP contribution in [0.25, 0.3) is 0 Å². The molecule has 0 spiro atoms. The second-order valence-corrected chi connectivity index (χ2v) is 3.14. The Labute approximate surface area is 109 Å². The number of aromatic hydroxyl groups is 1. The van der Waals surface area contributed by atoms with Crippen molar-refractivity contribution in [3.8, 4) is 5.75 Å². The Bertz CT molecular complexity index is 488. The third-order valence-corrected chi connectivity index (χ3v) is 2.01. The Morgan fingerprint density at radius 3 is 2.72 bits per heavy atom. The minimum atomic E-state index is -1.20. The van der Waals surface area contributed by atoms with E-state index in [0.29, 0.717) is 11.3 Å². The Morgan fingerprint density at radius 2 is 2.17 bits per heavy atom. The van der Waals surface area contributed by atoms with Gasteiger partial charge in [-0.2, -0.15) is 10.2 Å². The highest BCUT2D eigenvalue weighted by atomic mass is 35.5. The van der Waals surface area contributed by atoms with E-state index in [9.17, 15) is 9.90 Å². The molecule has 1 rings (SSSR count). The number of hydrogen-bond acceptors (Lipinski definition) is 5. The van der Waals surface area contributed by atoms with Crippen molar-refractivity contribution in [2.45, 2.75) is 6.92 Å². The number of nitrogens with one attached hydrogen (secondary N) is 1. The lowest BCUT2D eigenvalue weighted by atomic mass is 10.1. The summed E-state index contributed by atoms with van der Waals surface area (Å²) in [6, 6.07) is 4.19. The van der Waals surface area contributed by atoms with E-state index in [-0.39, 0.29) is 23.7 Å². The SMILES string of the molecule is CC(=NNC=NN)c1ccc(O)c(C(=O)O)c1.Cl. The molecule has 0 saturated heterocycles. The number of nitrogens with two attached hydrogens (primary N) is 1. The Kier molecular flexibility index (Phi) is 6.22. The van der Waals surface area contributed by atoms with Crippen LogP contribution in [-0.2, 0) is 0 Å². The summed E-state index contributed by atoms with van der Waals surface area (Å²) in [5.41, 5.74) is 3.38. The number of benzene rings is 1. The first kappa shape index (κ1) is 15.7. The van der Waals surface area contributed by atoms with Gasteiger partial charge in [-0.15, -0.1) is 12.4 Å². The molecule has 1 aromatic carbocycles. The van der Waals surface area contributed by atoms with Crippen molar-refractivity contribution in [1.29, 1.82) is 0 Å². The van der Waals surface area contributed by atoms with E-state index < -0.39 is 5.97 Å². The van der Waals surface area contributed by atoms with Crippen molar-refractivity contribution in [2.24, 2.45) is 16.0 Å². The molecule has 8 heteroatoms. The molecule has 0 unspecified atom stereocenters. The first-order valence-electron chi connectivity index (χ1n) is 4.64. The lowest BCUT2D eigenvalue weighted by Gasteiger charge is -2.04. The third kappa shape index (κ3) is 3.95. The number of hydrogen-bond donors (Lipinski definition) is 4. The normalized spacial score (nSPS) is 11.1. The molecule has 0 fully saturated rings. The second kappa shape index (κ2) is 7.13. The maximum absolute atomic E-state index is 10.8. The summed E-state index contributed by atoms with van der Waals surface area (Å²) >= 11 is 0. The molecule has 0 heterocycles. The van der Waals surface area contributed by atoms with Crippen molar-refractivity contribution in [1.82, 2.24) is 5.43 Å². The summed E-state index contributed by atoms with van der Waals surface area (Å²) in [4.78, 5) is 10.8. The molecule has 1 aromatic rings. The molecule has 0 radical (unpaired) electrons. The molecule has 0 aliphatic rings. The predicted octanol–water partition coefficient (Wildman–Crippen LogP) is 0.728. The number of nitrogens with zero attached hydrogens (tertiary/aromatic N) is 2. The number of carboxylic acids is 1. The highest BCUT2D eigenvalue weighted by Crippen LogP contribution is 2.18. The molecule has 18 heavy (non-hydrogen) atoms. The quantitative estimate of drug-likeness (QED) is 0.279. The van der Waals surface area contributed by atoms with Gasteiger partial charge in [0, 0.05) is 0 Å². The van der Waals surface area contributed by atoms with E-state index in [1.165, 1.54) is 18.5 Å². The number of aromatic carboxylic acids is 1. The van der Waals surface area contributed by atoms with Crippen molar-refractivity contribution < 1.29 is 15.0 Å². The number of rotatable bonds is 4. The smallest absolute Gasteiger partial charge is 0.339 e. The molecule has 0 aromatic heterocycles. The van der Waals surface area contributed by atoms with Crippen LogP contribution >= 0.6 is 12.4 Å². The molecule has 0 amide bonds. The number of carboxylic acid groups (broad SMARTS) is 1. The number of phenols is 1. The average molecular weight is 273 g/mol. The highest BCUT2D eigenvalue weighted by molar-refractivity contribution is 6.01. The van der Waals surface area contributed by atoms with Gasteiger partial charge in [0.15, 0.2) is 0 Å². The first-order chi connectivity index (χ1) is 8.06. The molecule has 7 nitrogen and oxygen atoms in total. The van der Waals surface area contributed by atoms with E-state index in [4.69, 9.17) is 10.9 Å². The lowest BCUT2D eigenvalue weighted by molar-refractivity contribution is 0.0693. The summed E-state index contributed by atoms with van der Waals surface area (Å²) in [5.74, 6) is 3.38. The fourth-order valence-corrected chi connectivity index (χ4v) is 1.16. The monoisotopic (exact) mass is 272 g/mol. The molecule has 0 saturated carbocycles. The Balaban J connectivity index is 0.00000289. The maximum atomic E-state index is 10.8. The molecule has 0 bridgehead atoms. The first-order valence-corrected chi connectivity index (χ1v) is 4.64. The fraction of sp³-hybridized carbons (Fsp3) is 0.100. The predicted molar refractivity (Wildman–Crippen MR) is 70.3 cm³/mol. The van der Waals surface area contributed by atoms with Gasteiger partial charge in [-0.05, 0) is 30.7 Å². The standard InChI is InChI=1S/C10H12N4O3.ClH/c1-6(14-13-5-12-11)7-2-3-9(15)8(4-7)10(16)17;/h2-5,15H,11H2,1H3,(H,12,13)(H,16,17);1H. The van der Waals surface area contributed by atoms with Crippen LogP contribution in [0.1, 0.15) is 22.8 Å². The maximum Gasteiger partial charge on any atom is 0.339 e. The number of carbonyl (C=O) groups is 1. The number of hydrazone groups is 2. The van der Waals surface area contributed by atoms with Crippen LogP contribution in [0.4, 0.5) is 0 Å². The van der Waals surface area contributed by atoms with Gasteiger partial charge in [0.05, 0.1) is 5.71 Å². The third-order valence-electron chi connectivity index (χ3n) is 2.01. The molecule has 0 aliphatic heterocycles. The van der Waals surface area contributed by atoms with E-state index in [1.54, 1.807) is 13.0 Å².